The third-order valence-corrected chi connectivity index (χ3v) is 1.98. The molecule has 0 saturated heterocycles. The van der Waals surface area contributed by atoms with Gasteiger partial charge in [-0.1, -0.05) is 12.1 Å². The second-order valence-corrected chi connectivity index (χ2v) is 2.95. The molecule has 1 N–H and O–H groups in total. The maximum Gasteiger partial charge on any atom is 0.0944 e. The quantitative estimate of drug-likeness (QED) is 0.715. The fraction of sp³-hybridized carbons (Fsp3) is 0.200. The molecule has 0 fully saturated rings. The third kappa shape index (κ3) is 1.38. The molecule has 0 radical (unpaired) electrons. The number of hydrogen-bond donors (Lipinski definition) is 1. The molecule has 0 spiro atoms. The van der Waals surface area contributed by atoms with Crippen LogP contribution in [0.3, 0.4) is 0 Å². The molecule has 0 saturated carbocycles. The summed E-state index contributed by atoms with van der Waals surface area (Å²) in [6.45, 7) is 1.73. The Bertz CT molecular complexity index is 421. The predicted molar refractivity (Wildman–Crippen MR) is 50.2 cm³/mol. The Balaban J connectivity index is 2.76. The average Bonchev–Trinajstić information content (AvgIpc) is 2.17. The fourth-order valence-corrected chi connectivity index (χ4v) is 1.35. The van der Waals surface area contributed by atoms with E-state index in [4.69, 9.17) is 0 Å². The number of aliphatic hydroxyl groups is 1. The largest absolute Gasteiger partial charge is 0.389 e. The maximum absolute atomic E-state index is 9.45. The minimum atomic E-state index is -0.500. The summed E-state index contributed by atoms with van der Waals surface area (Å²) in [6.07, 6.45) is 2.78. The lowest BCUT2D eigenvalue weighted by Gasteiger charge is -2.06. The highest BCUT2D eigenvalue weighted by Gasteiger charge is 2.06. The van der Waals surface area contributed by atoms with Gasteiger partial charge in [0.25, 0.3) is 0 Å². The summed E-state index contributed by atoms with van der Waals surface area (Å²) in [5.74, 6) is 0. The Kier molecular flexibility index (Phi) is 1.94. The summed E-state index contributed by atoms with van der Waals surface area (Å²) in [7, 11) is 0. The van der Waals surface area contributed by atoms with E-state index in [0.717, 1.165) is 16.6 Å². The van der Waals surface area contributed by atoms with Gasteiger partial charge in [-0.2, -0.15) is 0 Å². The molecule has 0 aliphatic heterocycles. The van der Waals surface area contributed by atoms with Gasteiger partial charge in [-0.15, -0.1) is 0 Å². The lowest BCUT2D eigenvalue weighted by Crippen LogP contribution is -1.94. The molecule has 2 aromatic rings. The number of hydrogen-bond acceptors (Lipinski definition) is 3. The first-order chi connectivity index (χ1) is 6.29. The normalized spacial score (nSPS) is 13.1. The Labute approximate surface area is 76.1 Å². The number of rotatable bonds is 1. The van der Waals surface area contributed by atoms with E-state index in [0.29, 0.717) is 0 Å². The van der Waals surface area contributed by atoms with Gasteiger partial charge in [0.15, 0.2) is 0 Å². The van der Waals surface area contributed by atoms with Gasteiger partial charge in [0, 0.05) is 18.0 Å². The van der Waals surface area contributed by atoms with E-state index in [1.54, 1.807) is 19.3 Å². The van der Waals surface area contributed by atoms with Crippen molar-refractivity contribution in [3.63, 3.8) is 0 Å². The van der Waals surface area contributed by atoms with Crippen LogP contribution in [0.25, 0.3) is 11.0 Å². The first-order valence-electron chi connectivity index (χ1n) is 4.17. The number of nitrogens with zero attached hydrogens (tertiary/aromatic N) is 2. The average molecular weight is 174 g/mol. The molecule has 0 aliphatic carbocycles. The summed E-state index contributed by atoms with van der Waals surface area (Å²) in [4.78, 5) is 8.33. The van der Waals surface area contributed by atoms with Crippen molar-refractivity contribution in [3.8, 4) is 0 Å². The summed E-state index contributed by atoms with van der Waals surface area (Å²) in [5.41, 5.74) is 2.42. The van der Waals surface area contributed by atoms with Crippen LogP contribution >= 0.6 is 0 Å². The highest BCUT2D eigenvalue weighted by molar-refractivity contribution is 5.77. The number of fused-ring (bicyclic) bond motifs is 1. The van der Waals surface area contributed by atoms with Crippen LogP contribution in [0, 0.1) is 0 Å². The minimum Gasteiger partial charge on any atom is -0.389 e. The number of para-hydroxylation sites is 1. The molecule has 1 heterocycles. The molecule has 3 heteroatoms. The van der Waals surface area contributed by atoms with Crippen molar-refractivity contribution in [2.75, 3.05) is 0 Å². The zero-order chi connectivity index (χ0) is 9.26. The molecule has 0 amide bonds. The summed E-state index contributed by atoms with van der Waals surface area (Å²) in [5, 5.41) is 9.45. The van der Waals surface area contributed by atoms with E-state index in [-0.39, 0.29) is 0 Å². The van der Waals surface area contributed by atoms with Crippen LogP contribution in [-0.2, 0) is 0 Å². The van der Waals surface area contributed by atoms with Crippen LogP contribution in [0.5, 0.6) is 0 Å². The molecule has 3 nitrogen and oxygen atoms in total. The van der Waals surface area contributed by atoms with Crippen molar-refractivity contribution in [2.45, 2.75) is 13.0 Å². The highest BCUT2D eigenvalue weighted by atomic mass is 16.3. The van der Waals surface area contributed by atoms with Crippen LogP contribution in [0.15, 0.2) is 30.6 Å². The first-order valence-corrected chi connectivity index (χ1v) is 4.17. The van der Waals surface area contributed by atoms with E-state index in [1.165, 1.54) is 0 Å². The molecule has 2 rings (SSSR count). The summed E-state index contributed by atoms with van der Waals surface area (Å²) >= 11 is 0. The molecule has 1 aromatic heterocycles. The minimum absolute atomic E-state index is 0.500. The lowest BCUT2D eigenvalue weighted by molar-refractivity contribution is 0.200. The number of aromatic nitrogens is 2. The van der Waals surface area contributed by atoms with Gasteiger partial charge in [0.1, 0.15) is 0 Å². The van der Waals surface area contributed by atoms with Gasteiger partial charge >= 0.3 is 0 Å². The van der Waals surface area contributed by atoms with Gasteiger partial charge in [-0.3, -0.25) is 9.97 Å². The van der Waals surface area contributed by atoms with E-state index in [9.17, 15) is 5.11 Å². The molecule has 0 aliphatic rings. The molecular formula is C10H10N2O. The SMILES string of the molecule is CC(O)c1cccc2nccnc12. The van der Waals surface area contributed by atoms with Crippen LogP contribution in [0.1, 0.15) is 18.6 Å². The third-order valence-electron chi connectivity index (χ3n) is 1.98. The second-order valence-electron chi connectivity index (χ2n) is 2.95. The van der Waals surface area contributed by atoms with Crippen molar-refractivity contribution >= 4 is 11.0 Å². The molecule has 1 atom stereocenters. The summed E-state index contributed by atoms with van der Waals surface area (Å²) in [6, 6.07) is 5.62. The van der Waals surface area contributed by atoms with Gasteiger partial charge in [-0.05, 0) is 13.0 Å². The lowest BCUT2D eigenvalue weighted by atomic mass is 10.1. The van der Waals surface area contributed by atoms with Crippen LogP contribution in [-0.4, -0.2) is 15.1 Å². The van der Waals surface area contributed by atoms with Crippen LogP contribution < -0.4 is 0 Å². The van der Waals surface area contributed by atoms with Crippen molar-refractivity contribution in [2.24, 2.45) is 0 Å². The van der Waals surface area contributed by atoms with E-state index in [2.05, 4.69) is 9.97 Å². The molecule has 0 bridgehead atoms. The van der Waals surface area contributed by atoms with Crippen LogP contribution in [0.2, 0.25) is 0 Å². The van der Waals surface area contributed by atoms with Gasteiger partial charge in [-0.25, -0.2) is 0 Å². The first kappa shape index (κ1) is 8.13. The number of benzene rings is 1. The molecule has 13 heavy (non-hydrogen) atoms. The van der Waals surface area contributed by atoms with E-state index >= 15 is 0 Å². The predicted octanol–water partition coefficient (Wildman–Crippen LogP) is 1.68. The topological polar surface area (TPSA) is 46.0 Å². The van der Waals surface area contributed by atoms with Crippen molar-refractivity contribution in [1.82, 2.24) is 9.97 Å². The number of aliphatic hydroxyl groups excluding tert-OH is 1. The molecule has 66 valence electrons. The van der Waals surface area contributed by atoms with Crippen LogP contribution in [0.4, 0.5) is 0 Å². The Morgan fingerprint density at radius 3 is 2.77 bits per heavy atom. The standard InChI is InChI=1S/C10H10N2O/c1-7(13)8-3-2-4-9-10(8)12-6-5-11-9/h2-7,13H,1H3. The molecule has 1 unspecified atom stereocenters. The Hall–Kier alpha value is -1.48. The fourth-order valence-electron chi connectivity index (χ4n) is 1.35. The van der Waals surface area contributed by atoms with Crippen molar-refractivity contribution < 1.29 is 5.11 Å². The van der Waals surface area contributed by atoms with Gasteiger partial charge in [0.05, 0.1) is 17.1 Å². The maximum atomic E-state index is 9.45. The Morgan fingerprint density at radius 2 is 2.00 bits per heavy atom. The monoisotopic (exact) mass is 174 g/mol. The highest BCUT2D eigenvalue weighted by Crippen LogP contribution is 2.19. The zero-order valence-corrected chi connectivity index (χ0v) is 7.31. The zero-order valence-electron chi connectivity index (χ0n) is 7.31. The smallest absolute Gasteiger partial charge is 0.0944 e. The van der Waals surface area contributed by atoms with Crippen molar-refractivity contribution in [3.05, 3.63) is 36.2 Å². The summed E-state index contributed by atoms with van der Waals surface area (Å²) < 4.78 is 0. The van der Waals surface area contributed by atoms with Gasteiger partial charge < -0.3 is 5.11 Å². The van der Waals surface area contributed by atoms with Crippen molar-refractivity contribution in [1.29, 1.82) is 0 Å². The molecule has 1 aromatic carbocycles. The van der Waals surface area contributed by atoms with E-state index in [1.807, 2.05) is 18.2 Å². The second kappa shape index (κ2) is 3.11. The Morgan fingerprint density at radius 1 is 1.23 bits per heavy atom. The van der Waals surface area contributed by atoms with Gasteiger partial charge in [0.2, 0.25) is 0 Å². The van der Waals surface area contributed by atoms with E-state index < -0.39 is 6.10 Å². The molecular weight excluding hydrogens is 164 g/mol.